The third-order valence-corrected chi connectivity index (χ3v) is 2.16. The van der Waals surface area contributed by atoms with Gasteiger partial charge in [-0.3, -0.25) is 0 Å². The Hall–Kier alpha value is -1.59. The lowest BCUT2D eigenvalue weighted by atomic mass is 10.3. The van der Waals surface area contributed by atoms with Gasteiger partial charge in [-0.15, -0.1) is 0 Å². The lowest BCUT2D eigenvalue weighted by molar-refractivity contribution is 0.367. The predicted octanol–water partition coefficient (Wildman–Crippen LogP) is 5.39. The van der Waals surface area contributed by atoms with Gasteiger partial charge in [0.2, 0.25) is 0 Å². The zero-order valence-corrected chi connectivity index (χ0v) is 10.9. The van der Waals surface area contributed by atoms with Gasteiger partial charge in [0.05, 0.1) is 11.4 Å². The molecule has 0 atom stereocenters. The highest BCUT2D eigenvalue weighted by Crippen LogP contribution is 2.25. The van der Waals surface area contributed by atoms with Crippen molar-refractivity contribution in [3.05, 3.63) is 64.6 Å². The molecule has 0 saturated carbocycles. The molecular formula is C12H9Cl2F3O2. The van der Waals surface area contributed by atoms with Crippen molar-refractivity contribution in [3.8, 4) is 5.75 Å². The molecule has 1 rings (SSSR count). The maximum atomic E-state index is 12.0. The summed E-state index contributed by atoms with van der Waals surface area (Å²) in [5, 5.41) is 18.0. The highest BCUT2D eigenvalue weighted by Gasteiger charge is 2.04. The molecule has 1 aromatic carbocycles. The van der Waals surface area contributed by atoms with E-state index < -0.39 is 17.4 Å². The largest absolute Gasteiger partial charge is 0.506 e. The van der Waals surface area contributed by atoms with Crippen LogP contribution in [0.3, 0.4) is 0 Å². The van der Waals surface area contributed by atoms with Crippen molar-refractivity contribution in [3.63, 3.8) is 0 Å². The number of aliphatic hydroxyl groups excluding tert-OH is 1. The average molecular weight is 313 g/mol. The Labute approximate surface area is 117 Å². The van der Waals surface area contributed by atoms with Crippen molar-refractivity contribution >= 4 is 23.2 Å². The molecule has 0 radical (unpaired) electrons. The number of aliphatic hydroxyl groups is 1. The number of phenolic OH excluding ortho intramolecular Hbond substituents is 1. The van der Waals surface area contributed by atoms with Crippen molar-refractivity contribution in [1.82, 2.24) is 0 Å². The molecule has 2 nitrogen and oxygen atoms in total. The van der Waals surface area contributed by atoms with Gasteiger partial charge in [-0.1, -0.05) is 29.8 Å². The molecule has 1 aromatic rings. The third-order valence-electron chi connectivity index (χ3n) is 1.60. The summed E-state index contributed by atoms with van der Waals surface area (Å²) in [4.78, 5) is 0. The third kappa shape index (κ3) is 6.79. The molecule has 7 heteroatoms. The van der Waals surface area contributed by atoms with E-state index in [-0.39, 0.29) is 18.2 Å². The molecule has 0 heterocycles. The molecule has 19 heavy (non-hydrogen) atoms. The molecular weight excluding hydrogens is 304 g/mol. The van der Waals surface area contributed by atoms with Crippen LogP contribution in [0.15, 0.2) is 54.6 Å². The Morgan fingerprint density at radius 2 is 1.84 bits per heavy atom. The summed E-state index contributed by atoms with van der Waals surface area (Å²) < 4.78 is 35.0. The number of hydrogen-bond donors (Lipinski definition) is 2. The number of benzene rings is 1. The Balaban J connectivity index is 0.000000342. The second kappa shape index (κ2) is 8.50. The van der Waals surface area contributed by atoms with E-state index in [0.29, 0.717) is 10.0 Å². The van der Waals surface area contributed by atoms with Gasteiger partial charge in [-0.2, -0.15) is 0 Å². The molecule has 0 bridgehead atoms. The minimum absolute atomic E-state index is 0.0177. The van der Waals surface area contributed by atoms with Crippen molar-refractivity contribution in [2.45, 2.75) is 0 Å². The van der Waals surface area contributed by atoms with Crippen LogP contribution in [-0.2, 0) is 0 Å². The first-order chi connectivity index (χ1) is 8.79. The van der Waals surface area contributed by atoms with E-state index in [0.717, 1.165) is 0 Å². The zero-order valence-electron chi connectivity index (χ0n) is 9.38. The molecule has 0 aliphatic heterocycles. The van der Waals surface area contributed by atoms with E-state index in [1.807, 2.05) is 0 Å². The lowest BCUT2D eigenvalue weighted by Gasteiger charge is -1.93. The first-order valence-electron chi connectivity index (χ1n) is 4.63. The van der Waals surface area contributed by atoms with Gasteiger partial charge in [0.1, 0.15) is 5.75 Å². The van der Waals surface area contributed by atoms with Crippen molar-refractivity contribution in [2.75, 3.05) is 0 Å². The Morgan fingerprint density at radius 3 is 2.21 bits per heavy atom. The Morgan fingerprint density at radius 1 is 1.26 bits per heavy atom. The van der Waals surface area contributed by atoms with Crippen LogP contribution in [0.1, 0.15) is 0 Å². The summed E-state index contributed by atoms with van der Waals surface area (Å²) in [6, 6.07) is 4.55. The van der Waals surface area contributed by atoms with Crippen molar-refractivity contribution < 1.29 is 23.4 Å². The minimum Gasteiger partial charge on any atom is -0.506 e. The summed E-state index contributed by atoms with van der Waals surface area (Å²) in [6.45, 7) is 2.59. The number of halogens is 5. The summed E-state index contributed by atoms with van der Waals surface area (Å²) in [6.07, 6.45) is 0.120. The minimum atomic E-state index is -1.39. The van der Waals surface area contributed by atoms with Crippen molar-refractivity contribution in [1.29, 1.82) is 0 Å². The maximum absolute atomic E-state index is 12.0. The second-order valence-electron chi connectivity index (χ2n) is 2.99. The van der Waals surface area contributed by atoms with E-state index in [2.05, 4.69) is 6.58 Å². The first kappa shape index (κ1) is 17.4. The van der Waals surface area contributed by atoms with Gasteiger partial charge in [-0.25, -0.2) is 13.2 Å². The summed E-state index contributed by atoms with van der Waals surface area (Å²) >= 11 is 11.0. The van der Waals surface area contributed by atoms with Crippen LogP contribution in [0.25, 0.3) is 0 Å². The van der Waals surface area contributed by atoms with Crippen LogP contribution in [0.4, 0.5) is 13.2 Å². The fourth-order valence-corrected chi connectivity index (χ4v) is 1.03. The fraction of sp³-hybridized carbons (Fsp3) is 0. The van der Waals surface area contributed by atoms with Gasteiger partial charge in [0.25, 0.3) is 0 Å². The number of rotatable bonds is 2. The Bertz CT molecular complexity index is 514. The van der Waals surface area contributed by atoms with E-state index in [9.17, 15) is 13.2 Å². The van der Waals surface area contributed by atoms with Crippen LogP contribution in [0, 0.1) is 0 Å². The van der Waals surface area contributed by atoms with Crippen LogP contribution in [-0.4, -0.2) is 10.2 Å². The van der Waals surface area contributed by atoms with Crippen LogP contribution in [0.2, 0.25) is 10.0 Å². The topological polar surface area (TPSA) is 40.5 Å². The first-order valence-corrected chi connectivity index (χ1v) is 5.39. The highest BCUT2D eigenvalue weighted by molar-refractivity contribution is 6.34. The molecule has 0 spiro atoms. The van der Waals surface area contributed by atoms with Gasteiger partial charge < -0.3 is 10.2 Å². The molecule has 0 fully saturated rings. The summed E-state index contributed by atoms with van der Waals surface area (Å²) in [5.74, 6) is -4.00. The number of hydrogen-bond acceptors (Lipinski definition) is 2. The van der Waals surface area contributed by atoms with E-state index in [1.54, 1.807) is 12.1 Å². The summed E-state index contributed by atoms with van der Waals surface area (Å²) in [7, 11) is 0. The molecule has 2 N–H and O–H groups in total. The maximum Gasteiger partial charge on any atom is 0.187 e. The number of aromatic hydroxyl groups is 1. The van der Waals surface area contributed by atoms with E-state index in [4.69, 9.17) is 33.4 Å². The highest BCUT2D eigenvalue weighted by atomic mass is 35.5. The second-order valence-corrected chi connectivity index (χ2v) is 3.83. The Kier molecular flexibility index (Phi) is 7.79. The molecule has 0 aliphatic rings. The molecule has 0 unspecified atom stereocenters. The molecule has 0 amide bonds. The smallest absolute Gasteiger partial charge is 0.187 e. The molecule has 0 aromatic heterocycles. The number of phenols is 1. The summed E-state index contributed by atoms with van der Waals surface area (Å²) in [5.41, 5.74) is 0. The van der Waals surface area contributed by atoms with Crippen molar-refractivity contribution in [2.24, 2.45) is 0 Å². The van der Waals surface area contributed by atoms with E-state index >= 15 is 0 Å². The predicted molar refractivity (Wildman–Crippen MR) is 69.4 cm³/mol. The fourth-order valence-electron chi connectivity index (χ4n) is 0.750. The molecule has 0 aliphatic carbocycles. The van der Waals surface area contributed by atoms with Crippen LogP contribution >= 0.6 is 23.2 Å². The van der Waals surface area contributed by atoms with Gasteiger partial charge in [0, 0.05) is 17.2 Å². The average Bonchev–Trinajstić information content (AvgIpc) is 2.34. The molecule has 0 saturated heterocycles. The monoisotopic (exact) mass is 312 g/mol. The lowest BCUT2D eigenvalue weighted by Crippen LogP contribution is -1.82. The van der Waals surface area contributed by atoms with E-state index in [1.165, 1.54) is 6.07 Å². The molecule has 104 valence electrons. The standard InChI is InChI=1S/C6H4Cl2O.C6H5F3O/c7-4-1-2-5(8)6(9)3-4;1-4(8)6(10)5(9)2-3-7/h1-3,9H;2-3,10H,1H2/b;3-2-,6-5-. The SMILES string of the molecule is C=C(F)/C(O)=C(F)\C=C/F.Oc1cc(Cl)ccc1Cl. The quantitative estimate of drug-likeness (QED) is 0.567. The van der Waals surface area contributed by atoms with Gasteiger partial charge >= 0.3 is 0 Å². The van der Waals surface area contributed by atoms with Gasteiger partial charge in [-0.05, 0) is 12.1 Å². The zero-order chi connectivity index (χ0) is 15.0. The normalized spacial score (nSPS) is 11.6. The number of allylic oxidation sites excluding steroid dienone is 3. The van der Waals surface area contributed by atoms with Gasteiger partial charge in [0.15, 0.2) is 17.4 Å². The van der Waals surface area contributed by atoms with Crippen LogP contribution in [0.5, 0.6) is 5.75 Å². The van der Waals surface area contributed by atoms with Crippen LogP contribution < -0.4 is 0 Å².